The molecule has 0 bridgehead atoms. The summed E-state index contributed by atoms with van der Waals surface area (Å²) in [6.45, 7) is 10.9. The van der Waals surface area contributed by atoms with Gasteiger partial charge in [0.1, 0.15) is 11.6 Å². The Morgan fingerprint density at radius 3 is 2.80 bits per heavy atom. The third kappa shape index (κ3) is 3.40. The van der Waals surface area contributed by atoms with E-state index in [1.165, 1.54) is 0 Å². The van der Waals surface area contributed by atoms with Crippen LogP contribution in [0.4, 0.5) is 5.82 Å². The number of nitrogens with zero attached hydrogens (tertiary/aromatic N) is 4. The van der Waals surface area contributed by atoms with Crippen molar-refractivity contribution in [3.05, 3.63) is 40.7 Å². The molecule has 1 aromatic carbocycles. The van der Waals surface area contributed by atoms with E-state index in [2.05, 4.69) is 49.6 Å². The largest absolute Gasteiger partial charge is 0.497 e. The van der Waals surface area contributed by atoms with Gasteiger partial charge in [-0.25, -0.2) is 4.98 Å². The van der Waals surface area contributed by atoms with Gasteiger partial charge in [0.15, 0.2) is 5.65 Å². The summed E-state index contributed by atoms with van der Waals surface area (Å²) in [4.78, 5) is 7.30. The molecule has 0 fully saturated rings. The number of fused-ring (bicyclic) bond motifs is 2. The van der Waals surface area contributed by atoms with Crippen LogP contribution < -0.4 is 9.64 Å². The Balaban J connectivity index is 1.98. The zero-order valence-electron chi connectivity index (χ0n) is 18.4. The van der Waals surface area contributed by atoms with Crippen molar-refractivity contribution < 1.29 is 9.47 Å². The Labute approximate surface area is 177 Å². The number of ether oxygens (including phenoxy) is 2. The van der Waals surface area contributed by atoms with Gasteiger partial charge in [-0.2, -0.15) is 9.61 Å². The second-order valence-corrected chi connectivity index (χ2v) is 7.58. The first-order valence-corrected chi connectivity index (χ1v) is 10.4. The predicted octanol–water partition coefficient (Wildman–Crippen LogP) is 4.29. The van der Waals surface area contributed by atoms with E-state index in [1.54, 1.807) is 7.11 Å². The fourth-order valence-corrected chi connectivity index (χ4v) is 4.12. The van der Waals surface area contributed by atoms with Crippen LogP contribution in [0.3, 0.4) is 0 Å². The molecule has 4 rings (SSSR count). The molecule has 1 aliphatic heterocycles. The molecule has 6 heteroatoms. The van der Waals surface area contributed by atoms with Crippen molar-refractivity contribution in [3.8, 4) is 28.7 Å². The lowest BCUT2D eigenvalue weighted by Crippen LogP contribution is -2.28. The van der Waals surface area contributed by atoms with Crippen molar-refractivity contribution in [2.45, 2.75) is 47.3 Å². The zero-order chi connectivity index (χ0) is 21.3. The van der Waals surface area contributed by atoms with Crippen LogP contribution in [-0.2, 0) is 18.0 Å². The van der Waals surface area contributed by atoms with Crippen molar-refractivity contribution >= 4 is 11.5 Å². The number of hydrogen-bond acceptors (Lipinski definition) is 5. The molecule has 0 spiro atoms. The van der Waals surface area contributed by atoms with Crippen molar-refractivity contribution in [2.24, 2.45) is 0 Å². The number of anilines is 1. The van der Waals surface area contributed by atoms with Gasteiger partial charge in [0.25, 0.3) is 0 Å². The van der Waals surface area contributed by atoms with Gasteiger partial charge in [0, 0.05) is 17.7 Å². The summed E-state index contributed by atoms with van der Waals surface area (Å²) in [5.74, 6) is 8.15. The third-order valence-electron chi connectivity index (χ3n) is 5.52. The van der Waals surface area contributed by atoms with Gasteiger partial charge in [-0.1, -0.05) is 18.9 Å². The van der Waals surface area contributed by atoms with E-state index < -0.39 is 0 Å². The lowest BCUT2D eigenvalue weighted by molar-refractivity contribution is 0.133. The van der Waals surface area contributed by atoms with Gasteiger partial charge in [-0.15, -0.1) is 5.92 Å². The molecule has 0 unspecified atom stereocenters. The van der Waals surface area contributed by atoms with E-state index in [1.807, 2.05) is 17.5 Å². The average molecular weight is 405 g/mol. The van der Waals surface area contributed by atoms with E-state index in [9.17, 15) is 0 Å². The Morgan fingerprint density at radius 1 is 1.27 bits per heavy atom. The van der Waals surface area contributed by atoms with Crippen LogP contribution in [0.1, 0.15) is 42.8 Å². The molecule has 0 N–H and O–H groups in total. The molecular weight excluding hydrogens is 376 g/mol. The molecule has 0 saturated heterocycles. The summed E-state index contributed by atoms with van der Waals surface area (Å²) in [6, 6.07) is 6.13. The molecule has 0 aliphatic carbocycles. The minimum Gasteiger partial charge on any atom is -0.497 e. The van der Waals surface area contributed by atoms with Crippen LogP contribution in [0.15, 0.2) is 18.2 Å². The maximum Gasteiger partial charge on any atom is 0.165 e. The summed E-state index contributed by atoms with van der Waals surface area (Å²) in [7, 11) is 1.69. The minimum absolute atomic E-state index is 0.531. The van der Waals surface area contributed by atoms with E-state index >= 15 is 0 Å². The highest BCUT2D eigenvalue weighted by Crippen LogP contribution is 2.37. The van der Waals surface area contributed by atoms with Gasteiger partial charge in [0.2, 0.25) is 0 Å². The molecule has 2 aromatic heterocycles. The van der Waals surface area contributed by atoms with Crippen molar-refractivity contribution in [3.63, 3.8) is 0 Å². The molecular formula is C24H28N4O2. The highest BCUT2D eigenvalue weighted by molar-refractivity contribution is 5.83. The van der Waals surface area contributed by atoms with Gasteiger partial charge >= 0.3 is 0 Å². The second kappa shape index (κ2) is 8.37. The molecule has 3 aromatic rings. The molecule has 0 saturated carbocycles. The summed E-state index contributed by atoms with van der Waals surface area (Å²) >= 11 is 0. The number of aryl methyl sites for hydroxylation is 2. The molecule has 0 atom stereocenters. The zero-order valence-corrected chi connectivity index (χ0v) is 18.4. The monoisotopic (exact) mass is 404 g/mol. The minimum atomic E-state index is 0.531. The number of rotatable bonds is 6. The fraction of sp³-hybridized carbons (Fsp3) is 0.417. The highest BCUT2D eigenvalue weighted by Gasteiger charge is 2.27. The number of benzene rings is 1. The Morgan fingerprint density at radius 2 is 2.10 bits per heavy atom. The van der Waals surface area contributed by atoms with Gasteiger partial charge < -0.3 is 14.4 Å². The van der Waals surface area contributed by atoms with E-state index in [0.29, 0.717) is 19.8 Å². The summed E-state index contributed by atoms with van der Waals surface area (Å²) in [5.41, 5.74) is 7.25. The van der Waals surface area contributed by atoms with Gasteiger partial charge in [0.05, 0.1) is 38.3 Å². The first-order valence-electron chi connectivity index (χ1n) is 10.4. The average Bonchev–Trinajstić information content (AvgIpc) is 3.33. The molecule has 0 radical (unpaired) electrons. The van der Waals surface area contributed by atoms with Crippen LogP contribution in [-0.4, -0.2) is 34.8 Å². The van der Waals surface area contributed by atoms with E-state index in [0.717, 1.165) is 63.8 Å². The number of methoxy groups -OCH3 is 1. The Bertz CT molecular complexity index is 1150. The molecule has 3 heterocycles. The maximum absolute atomic E-state index is 5.78. The van der Waals surface area contributed by atoms with Crippen LogP contribution in [0, 0.1) is 25.7 Å². The Kier molecular flexibility index (Phi) is 5.65. The van der Waals surface area contributed by atoms with Crippen LogP contribution in [0.25, 0.3) is 16.8 Å². The topological polar surface area (TPSA) is 51.9 Å². The lowest BCUT2D eigenvalue weighted by atomic mass is 10.0. The third-order valence-corrected chi connectivity index (χ3v) is 5.52. The van der Waals surface area contributed by atoms with Crippen molar-refractivity contribution in [1.29, 1.82) is 0 Å². The second-order valence-electron chi connectivity index (χ2n) is 7.58. The molecule has 0 amide bonds. The van der Waals surface area contributed by atoms with Crippen LogP contribution in [0.2, 0.25) is 0 Å². The first kappa shape index (κ1) is 20.2. The van der Waals surface area contributed by atoms with Crippen molar-refractivity contribution in [1.82, 2.24) is 14.6 Å². The summed E-state index contributed by atoms with van der Waals surface area (Å²) < 4.78 is 13.2. The van der Waals surface area contributed by atoms with Crippen LogP contribution >= 0.6 is 0 Å². The first-order chi connectivity index (χ1) is 14.6. The van der Waals surface area contributed by atoms with Gasteiger partial charge in [-0.05, 0) is 50.5 Å². The number of hydrogen-bond donors (Lipinski definition) is 0. The molecule has 156 valence electrons. The van der Waals surface area contributed by atoms with Crippen molar-refractivity contribution in [2.75, 3.05) is 25.1 Å². The smallest absolute Gasteiger partial charge is 0.165 e. The van der Waals surface area contributed by atoms with Gasteiger partial charge in [-0.3, -0.25) is 0 Å². The predicted molar refractivity (Wildman–Crippen MR) is 119 cm³/mol. The maximum atomic E-state index is 5.78. The fourth-order valence-electron chi connectivity index (χ4n) is 4.12. The summed E-state index contributed by atoms with van der Waals surface area (Å²) in [5, 5.41) is 4.94. The normalized spacial score (nSPS) is 12.6. The highest BCUT2D eigenvalue weighted by atomic mass is 16.5. The Hall–Kier alpha value is -3.04. The number of aromatic nitrogens is 3. The molecule has 1 aliphatic rings. The molecule has 6 nitrogen and oxygen atoms in total. The SMILES string of the molecule is CC#CCN(CCC)c1c2c(nc3c(-c4ccc(OC)cc4C)c(C)nn13)COC2. The van der Waals surface area contributed by atoms with E-state index in [-0.39, 0.29) is 0 Å². The quantitative estimate of drug-likeness (QED) is 0.574. The summed E-state index contributed by atoms with van der Waals surface area (Å²) in [6.07, 6.45) is 1.02. The lowest BCUT2D eigenvalue weighted by Gasteiger charge is -2.24. The van der Waals surface area contributed by atoms with E-state index in [4.69, 9.17) is 19.6 Å². The van der Waals surface area contributed by atoms with Crippen LogP contribution in [0.5, 0.6) is 5.75 Å². The molecule has 30 heavy (non-hydrogen) atoms. The standard InChI is InChI=1S/C24H28N4O2/c1-6-8-12-27(11-7-2)24-20-14-30-15-21(20)25-23-22(17(4)26-28(23)24)19-10-9-18(29-5)13-16(19)3/h9-10,13H,7,11-12,14-15H2,1-5H3.